The number of cyclic esters (lactones) is 1. The second-order valence-corrected chi connectivity index (χ2v) is 10.8. The lowest BCUT2D eigenvalue weighted by atomic mass is 10.2. The zero-order chi connectivity index (χ0) is 19.2. The van der Waals surface area contributed by atoms with Gasteiger partial charge in [0.15, 0.2) is 0 Å². The molecule has 0 radical (unpaired) electrons. The van der Waals surface area contributed by atoms with Crippen LogP contribution in [0, 0.1) is 5.82 Å². The van der Waals surface area contributed by atoms with Crippen LogP contribution in [0.3, 0.4) is 0 Å². The van der Waals surface area contributed by atoms with Gasteiger partial charge in [-0.2, -0.15) is 11.8 Å². The first kappa shape index (κ1) is 18.9. The van der Waals surface area contributed by atoms with Crippen LogP contribution in [0.5, 0.6) is 0 Å². The van der Waals surface area contributed by atoms with Gasteiger partial charge in [0, 0.05) is 36.3 Å². The molecule has 0 aromatic heterocycles. The van der Waals surface area contributed by atoms with Crippen LogP contribution in [0.2, 0.25) is 0 Å². The van der Waals surface area contributed by atoms with Crippen LogP contribution >= 0.6 is 11.8 Å². The Bertz CT molecular complexity index is 832. The van der Waals surface area contributed by atoms with Gasteiger partial charge in [-0.15, -0.1) is 0 Å². The number of amides is 1. The summed E-state index contributed by atoms with van der Waals surface area (Å²) >= 11 is 1.93. The van der Waals surface area contributed by atoms with Crippen molar-refractivity contribution in [1.29, 1.82) is 0 Å². The Morgan fingerprint density at radius 3 is 2.59 bits per heavy atom. The van der Waals surface area contributed by atoms with Crippen molar-refractivity contribution in [3.63, 3.8) is 0 Å². The van der Waals surface area contributed by atoms with E-state index in [4.69, 9.17) is 4.74 Å². The lowest BCUT2D eigenvalue weighted by Crippen LogP contribution is -2.43. The molecule has 1 aromatic carbocycles. The van der Waals surface area contributed by atoms with E-state index >= 15 is 0 Å². The number of fused-ring (bicyclic) bond motifs is 2. The minimum Gasteiger partial charge on any atom is -0.444 e. The largest absolute Gasteiger partial charge is 0.444 e. The summed E-state index contributed by atoms with van der Waals surface area (Å²) in [5.74, 6) is 1.68. The van der Waals surface area contributed by atoms with Gasteiger partial charge in [0.05, 0.1) is 23.7 Å². The van der Waals surface area contributed by atoms with Crippen LogP contribution in [0.15, 0.2) is 18.2 Å². The zero-order valence-electron chi connectivity index (χ0n) is 15.1. The van der Waals surface area contributed by atoms with Crippen molar-refractivity contribution in [3.8, 4) is 0 Å². The number of carbonyl (C=O) groups is 1. The van der Waals surface area contributed by atoms with Crippen LogP contribution in [0.4, 0.5) is 20.6 Å². The maximum Gasteiger partial charge on any atom is 0.414 e. The molecule has 148 valence electrons. The molecule has 0 spiro atoms. The number of nitrogens with zero attached hydrogens (tertiary/aromatic N) is 2. The minimum absolute atomic E-state index is 0.0398. The van der Waals surface area contributed by atoms with Gasteiger partial charge in [0.1, 0.15) is 21.8 Å². The third kappa shape index (κ3) is 3.89. The van der Waals surface area contributed by atoms with Gasteiger partial charge in [0.25, 0.3) is 0 Å². The molecule has 3 fully saturated rings. The van der Waals surface area contributed by atoms with E-state index in [1.807, 2.05) is 11.8 Å². The van der Waals surface area contributed by atoms with Crippen LogP contribution in [-0.4, -0.2) is 62.8 Å². The molecule has 2 bridgehead atoms. The molecule has 0 saturated carbocycles. The average Bonchev–Trinajstić information content (AvgIpc) is 3.08. The number of hydrogen-bond acceptors (Lipinski definition) is 6. The normalized spacial score (nSPS) is 27.9. The van der Waals surface area contributed by atoms with Crippen molar-refractivity contribution in [2.24, 2.45) is 0 Å². The number of ether oxygens (including phenoxy) is 1. The van der Waals surface area contributed by atoms with Crippen LogP contribution in [-0.2, 0) is 14.6 Å². The monoisotopic (exact) mass is 414 g/mol. The van der Waals surface area contributed by atoms with Gasteiger partial charge in [-0.05, 0) is 31.0 Å². The van der Waals surface area contributed by atoms with Crippen molar-refractivity contribution < 1.29 is 22.3 Å². The zero-order valence-corrected chi connectivity index (χ0v) is 16.8. The van der Waals surface area contributed by atoms with Gasteiger partial charge >= 0.3 is 6.09 Å². The number of anilines is 2. The molecule has 3 aliphatic heterocycles. The first-order valence-corrected chi connectivity index (χ1v) is 12.3. The van der Waals surface area contributed by atoms with Gasteiger partial charge < -0.3 is 9.64 Å². The Kier molecular flexibility index (Phi) is 5.00. The summed E-state index contributed by atoms with van der Waals surface area (Å²) in [6, 6.07) is 5.65. The maximum atomic E-state index is 14.9. The van der Waals surface area contributed by atoms with Crippen LogP contribution in [0.25, 0.3) is 0 Å². The number of rotatable bonds is 5. The molecule has 3 saturated heterocycles. The predicted octanol–water partition coefficient (Wildman–Crippen LogP) is 2.67. The third-order valence-corrected chi connectivity index (χ3v) is 7.66. The highest BCUT2D eigenvalue weighted by molar-refractivity contribution is 7.99. The summed E-state index contributed by atoms with van der Waals surface area (Å²) in [5.41, 5.74) is 1.05. The SMILES string of the molecule is CS(=O)(=O)CC[C@H]1CN(c2ccc(N3C4CCC3CSC4)c(F)c2)C(=O)O1. The highest BCUT2D eigenvalue weighted by Gasteiger charge is 2.39. The Morgan fingerprint density at radius 2 is 1.96 bits per heavy atom. The van der Waals surface area contributed by atoms with Gasteiger partial charge in [-0.1, -0.05) is 0 Å². The molecule has 3 aliphatic rings. The van der Waals surface area contributed by atoms with E-state index < -0.39 is 22.0 Å². The van der Waals surface area contributed by atoms with Gasteiger partial charge in [-0.3, -0.25) is 4.90 Å². The standard InChI is InChI=1S/C18H23FN2O4S2/c1-27(23,24)7-6-15-9-20(18(22)25-15)12-4-5-17(16(19)8-12)21-13-2-3-14(21)11-26-10-13/h4-5,8,13-15H,2-3,6-7,9-11H2,1H3/t13?,14?,15-/m0/s1. The quantitative estimate of drug-likeness (QED) is 0.738. The van der Waals surface area contributed by atoms with E-state index in [1.165, 1.54) is 11.0 Å². The molecular formula is C18H23FN2O4S2. The lowest BCUT2D eigenvalue weighted by molar-refractivity contribution is 0.139. The molecule has 3 heterocycles. The topological polar surface area (TPSA) is 66.9 Å². The fraction of sp³-hybridized carbons (Fsp3) is 0.611. The van der Waals surface area contributed by atoms with E-state index in [1.54, 1.807) is 12.1 Å². The van der Waals surface area contributed by atoms with Gasteiger partial charge in [-0.25, -0.2) is 17.6 Å². The maximum absolute atomic E-state index is 14.9. The highest BCUT2D eigenvalue weighted by atomic mass is 32.2. The molecule has 27 heavy (non-hydrogen) atoms. The van der Waals surface area contributed by atoms with Gasteiger partial charge in [0.2, 0.25) is 0 Å². The molecule has 9 heteroatoms. The summed E-state index contributed by atoms with van der Waals surface area (Å²) in [5, 5.41) is 0. The van der Waals surface area contributed by atoms with Crippen LogP contribution in [0.1, 0.15) is 19.3 Å². The van der Waals surface area contributed by atoms with E-state index in [0.29, 0.717) is 23.5 Å². The first-order valence-electron chi connectivity index (χ1n) is 9.13. The smallest absolute Gasteiger partial charge is 0.414 e. The van der Waals surface area contributed by atoms with E-state index in [-0.39, 0.29) is 24.5 Å². The second kappa shape index (κ2) is 7.16. The number of thioether (sulfide) groups is 1. The molecule has 1 amide bonds. The molecule has 6 nitrogen and oxygen atoms in total. The summed E-state index contributed by atoms with van der Waals surface area (Å²) in [4.78, 5) is 15.7. The highest BCUT2D eigenvalue weighted by Crippen LogP contribution is 2.40. The third-order valence-electron chi connectivity index (χ3n) is 5.45. The molecule has 2 unspecified atom stereocenters. The van der Waals surface area contributed by atoms with Crippen molar-refractivity contribution in [1.82, 2.24) is 0 Å². The van der Waals surface area contributed by atoms with Crippen LogP contribution < -0.4 is 9.80 Å². The fourth-order valence-electron chi connectivity index (χ4n) is 4.12. The summed E-state index contributed by atoms with van der Waals surface area (Å²) in [6.07, 6.45) is 2.54. The predicted molar refractivity (Wildman–Crippen MR) is 105 cm³/mol. The molecule has 1 aromatic rings. The first-order chi connectivity index (χ1) is 12.8. The number of sulfone groups is 1. The summed E-state index contributed by atoms with van der Waals surface area (Å²) < 4.78 is 42.7. The van der Waals surface area contributed by atoms with E-state index in [2.05, 4.69) is 4.90 Å². The van der Waals surface area contributed by atoms with E-state index in [9.17, 15) is 17.6 Å². The molecule has 3 atom stereocenters. The Hall–Kier alpha value is -1.48. The minimum atomic E-state index is -3.12. The molecule has 4 rings (SSSR count). The molecule has 0 N–H and O–H groups in total. The Balaban J connectivity index is 1.49. The number of hydrogen-bond donors (Lipinski definition) is 0. The Labute approximate surface area is 163 Å². The lowest BCUT2D eigenvalue weighted by Gasteiger charge is -2.36. The fourth-order valence-corrected chi connectivity index (χ4v) is 6.15. The van der Waals surface area contributed by atoms with Crippen molar-refractivity contribution in [2.45, 2.75) is 37.5 Å². The number of carbonyl (C=O) groups excluding carboxylic acids is 1. The second-order valence-electron chi connectivity index (χ2n) is 7.50. The summed E-state index contributed by atoms with van der Waals surface area (Å²) in [6.45, 7) is 0.235. The van der Waals surface area contributed by atoms with Crippen molar-refractivity contribution in [3.05, 3.63) is 24.0 Å². The Morgan fingerprint density at radius 1 is 1.26 bits per heavy atom. The number of halogens is 1. The van der Waals surface area contributed by atoms with E-state index in [0.717, 1.165) is 30.6 Å². The summed E-state index contributed by atoms with van der Waals surface area (Å²) in [7, 11) is -3.12. The number of benzene rings is 1. The van der Waals surface area contributed by atoms with Crippen molar-refractivity contribution in [2.75, 3.05) is 39.9 Å². The van der Waals surface area contributed by atoms with Crippen molar-refractivity contribution >= 4 is 39.1 Å². The average molecular weight is 415 g/mol. The molecular weight excluding hydrogens is 391 g/mol. The molecule has 0 aliphatic carbocycles.